The van der Waals surface area contributed by atoms with Gasteiger partial charge in [-0.15, -0.1) is 0 Å². The van der Waals surface area contributed by atoms with E-state index >= 15 is 0 Å². The maximum atomic E-state index is 9.89. The molecule has 0 bridgehead atoms. The van der Waals surface area contributed by atoms with Crippen LogP contribution in [0.3, 0.4) is 0 Å². The number of phenols is 1. The van der Waals surface area contributed by atoms with Gasteiger partial charge in [-0.2, -0.15) is 0 Å². The summed E-state index contributed by atoms with van der Waals surface area (Å²) in [4.78, 5) is 0. The number of hydrogen-bond donors (Lipinski definition) is 1. The highest BCUT2D eigenvalue weighted by Crippen LogP contribution is 2.34. The minimum Gasteiger partial charge on any atom is -0.508 e. The van der Waals surface area contributed by atoms with E-state index < -0.39 is 0 Å². The van der Waals surface area contributed by atoms with Gasteiger partial charge >= 0.3 is 0 Å². The van der Waals surface area contributed by atoms with E-state index in [4.69, 9.17) is 0 Å². The summed E-state index contributed by atoms with van der Waals surface area (Å²) in [7, 11) is 0. The highest BCUT2D eigenvalue weighted by Gasteiger charge is 2.17. The molecule has 1 rings (SSSR count). The van der Waals surface area contributed by atoms with Crippen molar-refractivity contribution in [2.75, 3.05) is 0 Å². The van der Waals surface area contributed by atoms with Crippen LogP contribution in [0.5, 0.6) is 5.75 Å². The maximum absolute atomic E-state index is 9.89. The lowest BCUT2D eigenvalue weighted by atomic mass is 9.84. The van der Waals surface area contributed by atoms with E-state index in [1.807, 2.05) is 12.1 Å². The normalized spacial score (nSPS) is 13.0. The Morgan fingerprint density at radius 3 is 2.38 bits per heavy atom. The van der Waals surface area contributed by atoms with Gasteiger partial charge in [0.1, 0.15) is 5.75 Å². The SMILES string of the molecule is CCCCCC(c1ccccc1O)C(C)C. The lowest BCUT2D eigenvalue weighted by molar-refractivity contribution is 0.412. The Hall–Kier alpha value is -0.980. The fourth-order valence-electron chi connectivity index (χ4n) is 2.26. The first-order valence-electron chi connectivity index (χ1n) is 6.44. The van der Waals surface area contributed by atoms with E-state index in [-0.39, 0.29) is 0 Å². The standard InChI is InChI=1S/C15H24O/c1-4-5-6-9-13(12(2)3)14-10-7-8-11-15(14)16/h7-8,10-13,16H,4-6,9H2,1-3H3. The van der Waals surface area contributed by atoms with E-state index in [0.29, 0.717) is 17.6 Å². The molecule has 0 aliphatic rings. The summed E-state index contributed by atoms with van der Waals surface area (Å²) in [5.74, 6) is 1.54. The quantitative estimate of drug-likeness (QED) is 0.688. The third-order valence-corrected chi connectivity index (χ3v) is 3.26. The van der Waals surface area contributed by atoms with Crippen LogP contribution in [0.25, 0.3) is 0 Å². The van der Waals surface area contributed by atoms with E-state index in [2.05, 4.69) is 26.8 Å². The zero-order valence-corrected chi connectivity index (χ0v) is 10.7. The van der Waals surface area contributed by atoms with Crippen molar-refractivity contribution < 1.29 is 5.11 Å². The molecule has 1 nitrogen and oxygen atoms in total. The number of unbranched alkanes of at least 4 members (excludes halogenated alkanes) is 2. The molecule has 0 fully saturated rings. The van der Waals surface area contributed by atoms with Crippen LogP contribution in [-0.2, 0) is 0 Å². The summed E-state index contributed by atoms with van der Waals surface area (Å²) >= 11 is 0. The summed E-state index contributed by atoms with van der Waals surface area (Å²) in [6.07, 6.45) is 4.99. The molecule has 0 amide bonds. The zero-order valence-electron chi connectivity index (χ0n) is 10.7. The lowest BCUT2D eigenvalue weighted by Gasteiger charge is -2.22. The van der Waals surface area contributed by atoms with Crippen molar-refractivity contribution in [1.29, 1.82) is 0 Å². The molecule has 1 N–H and O–H groups in total. The van der Waals surface area contributed by atoms with Gasteiger partial charge in [-0.1, -0.05) is 58.2 Å². The van der Waals surface area contributed by atoms with Crippen LogP contribution in [0.4, 0.5) is 0 Å². The molecule has 0 saturated heterocycles. The Bertz CT molecular complexity index is 304. The van der Waals surface area contributed by atoms with Crippen LogP contribution in [-0.4, -0.2) is 5.11 Å². The van der Waals surface area contributed by atoms with Crippen molar-refractivity contribution in [3.8, 4) is 5.75 Å². The highest BCUT2D eigenvalue weighted by atomic mass is 16.3. The summed E-state index contributed by atoms with van der Waals surface area (Å²) < 4.78 is 0. The molecule has 0 saturated carbocycles. The molecule has 90 valence electrons. The minimum absolute atomic E-state index is 0.456. The second kappa shape index (κ2) is 6.57. The second-order valence-electron chi connectivity index (χ2n) is 4.91. The van der Waals surface area contributed by atoms with Gasteiger partial charge in [-0.3, -0.25) is 0 Å². The van der Waals surface area contributed by atoms with Crippen LogP contribution in [0.2, 0.25) is 0 Å². The molecular formula is C15H24O. The first-order valence-corrected chi connectivity index (χ1v) is 6.44. The molecular weight excluding hydrogens is 196 g/mol. The van der Waals surface area contributed by atoms with Gasteiger partial charge in [0, 0.05) is 0 Å². The summed E-state index contributed by atoms with van der Waals surface area (Å²) in [6, 6.07) is 7.77. The predicted molar refractivity (Wildman–Crippen MR) is 69.8 cm³/mol. The van der Waals surface area contributed by atoms with Gasteiger partial charge in [0.25, 0.3) is 0 Å². The third kappa shape index (κ3) is 3.55. The van der Waals surface area contributed by atoms with Crippen molar-refractivity contribution in [3.05, 3.63) is 29.8 Å². The Labute approximate surface area is 99.5 Å². The van der Waals surface area contributed by atoms with Crippen LogP contribution in [0.1, 0.15) is 57.9 Å². The van der Waals surface area contributed by atoms with Gasteiger partial charge in [0.2, 0.25) is 0 Å². The number of hydrogen-bond acceptors (Lipinski definition) is 1. The molecule has 0 aliphatic heterocycles. The third-order valence-electron chi connectivity index (χ3n) is 3.26. The molecule has 0 spiro atoms. The maximum Gasteiger partial charge on any atom is 0.119 e. The van der Waals surface area contributed by atoms with Crippen molar-refractivity contribution in [1.82, 2.24) is 0 Å². The molecule has 0 heterocycles. The topological polar surface area (TPSA) is 20.2 Å². The number of rotatable bonds is 6. The molecule has 1 heteroatoms. The summed E-state index contributed by atoms with van der Waals surface area (Å²) in [6.45, 7) is 6.70. The Morgan fingerprint density at radius 2 is 1.81 bits per heavy atom. The van der Waals surface area contributed by atoms with Gasteiger partial charge in [0.05, 0.1) is 0 Å². The predicted octanol–water partition coefficient (Wildman–Crippen LogP) is 4.71. The van der Waals surface area contributed by atoms with Gasteiger partial charge < -0.3 is 5.11 Å². The van der Waals surface area contributed by atoms with E-state index in [0.717, 1.165) is 5.56 Å². The molecule has 0 aromatic heterocycles. The molecule has 1 unspecified atom stereocenters. The zero-order chi connectivity index (χ0) is 12.0. The molecule has 1 atom stereocenters. The van der Waals surface area contributed by atoms with Crippen LogP contribution < -0.4 is 0 Å². The molecule has 0 radical (unpaired) electrons. The molecule has 16 heavy (non-hydrogen) atoms. The van der Waals surface area contributed by atoms with E-state index in [1.54, 1.807) is 6.07 Å². The summed E-state index contributed by atoms with van der Waals surface area (Å²) in [5, 5.41) is 9.89. The average molecular weight is 220 g/mol. The molecule has 1 aromatic rings. The lowest BCUT2D eigenvalue weighted by Crippen LogP contribution is -2.07. The Balaban J connectivity index is 2.74. The first kappa shape index (κ1) is 13.1. The number of benzene rings is 1. The minimum atomic E-state index is 0.456. The molecule has 1 aromatic carbocycles. The average Bonchev–Trinajstić information content (AvgIpc) is 2.25. The Kier molecular flexibility index (Phi) is 5.37. The van der Waals surface area contributed by atoms with Crippen LogP contribution >= 0.6 is 0 Å². The van der Waals surface area contributed by atoms with Gasteiger partial charge in [-0.25, -0.2) is 0 Å². The van der Waals surface area contributed by atoms with E-state index in [9.17, 15) is 5.11 Å². The molecule has 0 aliphatic carbocycles. The first-order chi connectivity index (χ1) is 7.66. The van der Waals surface area contributed by atoms with Gasteiger partial charge in [-0.05, 0) is 29.9 Å². The number of phenolic OH excluding ortho intramolecular Hbond substituents is 1. The monoisotopic (exact) mass is 220 g/mol. The highest BCUT2D eigenvalue weighted by molar-refractivity contribution is 5.35. The largest absolute Gasteiger partial charge is 0.508 e. The van der Waals surface area contributed by atoms with Crippen molar-refractivity contribution in [3.63, 3.8) is 0 Å². The van der Waals surface area contributed by atoms with Crippen LogP contribution in [0, 0.1) is 5.92 Å². The second-order valence-corrected chi connectivity index (χ2v) is 4.91. The van der Waals surface area contributed by atoms with Crippen molar-refractivity contribution in [2.45, 2.75) is 52.4 Å². The van der Waals surface area contributed by atoms with E-state index in [1.165, 1.54) is 25.7 Å². The van der Waals surface area contributed by atoms with Crippen molar-refractivity contribution in [2.24, 2.45) is 5.92 Å². The smallest absolute Gasteiger partial charge is 0.119 e. The summed E-state index contributed by atoms with van der Waals surface area (Å²) in [5.41, 5.74) is 1.12. The fraction of sp³-hybridized carbons (Fsp3) is 0.600. The fourth-order valence-corrected chi connectivity index (χ4v) is 2.26. The van der Waals surface area contributed by atoms with Gasteiger partial charge in [0.15, 0.2) is 0 Å². The Morgan fingerprint density at radius 1 is 1.12 bits per heavy atom. The number of aromatic hydroxyl groups is 1. The van der Waals surface area contributed by atoms with Crippen molar-refractivity contribution >= 4 is 0 Å². The van der Waals surface area contributed by atoms with Crippen LogP contribution in [0.15, 0.2) is 24.3 Å². The number of para-hydroxylation sites is 1.